The standard InChI is InChI=1S/C10H20B2O3/c1-9(2)7-11(13-5)15-12(14-6)8-10(3)4/h7-8H,1-6H3. The van der Waals surface area contributed by atoms with Gasteiger partial charge in [-0.1, -0.05) is 23.1 Å². The van der Waals surface area contributed by atoms with Gasteiger partial charge < -0.3 is 13.9 Å². The molecule has 0 aromatic carbocycles. The average molecular weight is 210 g/mol. The van der Waals surface area contributed by atoms with Gasteiger partial charge in [-0.05, 0) is 27.7 Å². The van der Waals surface area contributed by atoms with E-state index in [1.807, 2.05) is 39.6 Å². The topological polar surface area (TPSA) is 27.7 Å². The zero-order chi connectivity index (χ0) is 11.8. The molecule has 0 aromatic rings. The molecule has 0 saturated carbocycles. The van der Waals surface area contributed by atoms with Crippen molar-refractivity contribution < 1.29 is 13.9 Å². The van der Waals surface area contributed by atoms with E-state index in [2.05, 4.69) is 0 Å². The van der Waals surface area contributed by atoms with Gasteiger partial charge in [-0.3, -0.25) is 0 Å². The van der Waals surface area contributed by atoms with Crippen molar-refractivity contribution in [1.82, 2.24) is 0 Å². The minimum Gasteiger partial charge on any atom is -0.444 e. The maximum absolute atomic E-state index is 5.57. The van der Waals surface area contributed by atoms with Crippen LogP contribution in [0.1, 0.15) is 27.7 Å². The summed E-state index contributed by atoms with van der Waals surface area (Å²) in [6.07, 6.45) is 0. The average Bonchev–Trinajstić information content (AvgIpc) is 2.14. The Labute approximate surface area is 93.8 Å². The third kappa shape index (κ3) is 7.42. The summed E-state index contributed by atoms with van der Waals surface area (Å²) in [6.45, 7) is 7.99. The van der Waals surface area contributed by atoms with Crippen LogP contribution in [0.2, 0.25) is 0 Å². The fourth-order valence-corrected chi connectivity index (χ4v) is 1.00. The van der Waals surface area contributed by atoms with Crippen LogP contribution in [0, 0.1) is 0 Å². The Morgan fingerprint density at radius 2 is 1.13 bits per heavy atom. The van der Waals surface area contributed by atoms with Crippen LogP contribution < -0.4 is 0 Å². The summed E-state index contributed by atoms with van der Waals surface area (Å²) in [6, 6.07) is 0. The van der Waals surface area contributed by atoms with Gasteiger partial charge >= 0.3 is 14.2 Å². The van der Waals surface area contributed by atoms with E-state index < -0.39 is 0 Å². The Balaban J connectivity index is 4.37. The lowest BCUT2D eigenvalue weighted by Gasteiger charge is -2.13. The second-order valence-electron chi connectivity index (χ2n) is 3.83. The number of allylic oxidation sites excluding steroid dienone is 2. The van der Waals surface area contributed by atoms with Gasteiger partial charge in [0.15, 0.2) is 0 Å². The molecule has 3 nitrogen and oxygen atoms in total. The van der Waals surface area contributed by atoms with Gasteiger partial charge in [0.05, 0.1) is 0 Å². The first-order chi connectivity index (χ1) is 6.99. The van der Waals surface area contributed by atoms with Gasteiger partial charge in [0.2, 0.25) is 0 Å². The lowest BCUT2D eigenvalue weighted by Crippen LogP contribution is -2.30. The van der Waals surface area contributed by atoms with Gasteiger partial charge in [0.1, 0.15) is 0 Å². The van der Waals surface area contributed by atoms with Crippen LogP contribution in [0.15, 0.2) is 23.1 Å². The highest BCUT2D eigenvalue weighted by Gasteiger charge is 2.22. The smallest absolute Gasteiger partial charge is 0.444 e. The third-order valence-corrected chi connectivity index (χ3v) is 1.67. The van der Waals surface area contributed by atoms with Crippen LogP contribution in [0.3, 0.4) is 0 Å². The molecular weight excluding hydrogens is 190 g/mol. The minimum atomic E-state index is -0.365. The SMILES string of the molecule is COB(C=C(C)C)OB(C=C(C)C)OC. The van der Waals surface area contributed by atoms with Crippen molar-refractivity contribution in [3.8, 4) is 0 Å². The van der Waals surface area contributed by atoms with E-state index in [4.69, 9.17) is 13.9 Å². The molecule has 0 saturated heterocycles. The van der Waals surface area contributed by atoms with Crippen LogP contribution in [0.5, 0.6) is 0 Å². The summed E-state index contributed by atoms with van der Waals surface area (Å²) >= 11 is 0. The maximum atomic E-state index is 5.57. The monoisotopic (exact) mass is 210 g/mol. The highest BCUT2D eigenvalue weighted by Crippen LogP contribution is 2.02. The molecule has 0 aliphatic heterocycles. The van der Waals surface area contributed by atoms with E-state index in [-0.39, 0.29) is 14.2 Å². The molecule has 0 heterocycles. The largest absolute Gasteiger partial charge is 0.472 e. The molecule has 0 aliphatic rings. The van der Waals surface area contributed by atoms with E-state index >= 15 is 0 Å². The Morgan fingerprint density at radius 3 is 1.33 bits per heavy atom. The summed E-state index contributed by atoms with van der Waals surface area (Å²) in [5.41, 5.74) is 2.29. The van der Waals surface area contributed by atoms with E-state index in [0.29, 0.717) is 0 Å². The number of hydrogen-bond acceptors (Lipinski definition) is 3. The molecule has 0 fully saturated rings. The molecule has 0 atom stereocenters. The molecule has 0 amide bonds. The molecule has 5 heteroatoms. The second-order valence-corrected chi connectivity index (χ2v) is 3.83. The Hall–Kier alpha value is -0.510. The Morgan fingerprint density at radius 1 is 0.800 bits per heavy atom. The van der Waals surface area contributed by atoms with Crippen molar-refractivity contribution in [2.24, 2.45) is 0 Å². The number of hydrogen-bond donors (Lipinski definition) is 0. The first-order valence-corrected chi connectivity index (χ1v) is 5.00. The van der Waals surface area contributed by atoms with Crippen molar-refractivity contribution >= 4 is 14.2 Å². The van der Waals surface area contributed by atoms with Gasteiger partial charge in [0, 0.05) is 14.2 Å². The van der Waals surface area contributed by atoms with Crippen molar-refractivity contribution in [2.45, 2.75) is 27.7 Å². The highest BCUT2D eigenvalue weighted by atomic mass is 16.6. The van der Waals surface area contributed by atoms with Crippen LogP contribution >= 0.6 is 0 Å². The molecule has 0 radical (unpaired) electrons. The fourth-order valence-electron chi connectivity index (χ4n) is 1.00. The van der Waals surface area contributed by atoms with Crippen LogP contribution in [-0.2, 0) is 13.9 Å². The summed E-state index contributed by atoms with van der Waals surface area (Å²) in [5, 5.41) is 0. The van der Waals surface area contributed by atoms with E-state index in [9.17, 15) is 0 Å². The van der Waals surface area contributed by atoms with Crippen LogP contribution in [0.4, 0.5) is 0 Å². The molecule has 0 aliphatic carbocycles. The first kappa shape index (κ1) is 14.5. The molecule has 0 N–H and O–H groups in total. The molecule has 84 valence electrons. The predicted molar refractivity (Wildman–Crippen MR) is 65.5 cm³/mol. The molecule has 0 spiro atoms. The van der Waals surface area contributed by atoms with Gasteiger partial charge in [-0.25, -0.2) is 0 Å². The molecule has 0 rings (SSSR count). The first-order valence-electron chi connectivity index (χ1n) is 5.00. The summed E-state index contributed by atoms with van der Waals surface area (Å²) in [7, 11) is 2.49. The van der Waals surface area contributed by atoms with Crippen LogP contribution in [0.25, 0.3) is 0 Å². The molecule has 0 aromatic heterocycles. The predicted octanol–water partition coefficient (Wildman–Crippen LogP) is 2.28. The molecule has 0 bridgehead atoms. The lowest BCUT2D eigenvalue weighted by atomic mass is 9.78. The zero-order valence-corrected chi connectivity index (χ0v) is 10.5. The minimum absolute atomic E-state index is 0.365. The van der Waals surface area contributed by atoms with Crippen molar-refractivity contribution in [3.05, 3.63) is 23.1 Å². The normalized spacial score (nSPS) is 9.47. The second kappa shape index (κ2) is 7.74. The van der Waals surface area contributed by atoms with E-state index in [1.54, 1.807) is 14.2 Å². The van der Waals surface area contributed by atoms with Gasteiger partial charge in [0.25, 0.3) is 0 Å². The molecule has 0 unspecified atom stereocenters. The Kier molecular flexibility index (Phi) is 7.48. The van der Waals surface area contributed by atoms with Gasteiger partial charge in [-0.2, -0.15) is 0 Å². The fraction of sp³-hybridized carbons (Fsp3) is 0.600. The summed E-state index contributed by atoms with van der Waals surface area (Å²) in [5.74, 6) is 3.82. The number of rotatable bonds is 6. The lowest BCUT2D eigenvalue weighted by molar-refractivity contribution is 0.295. The van der Waals surface area contributed by atoms with Crippen molar-refractivity contribution in [1.29, 1.82) is 0 Å². The third-order valence-electron chi connectivity index (χ3n) is 1.67. The van der Waals surface area contributed by atoms with E-state index in [1.165, 1.54) is 0 Å². The molecular formula is C10H20B2O3. The quantitative estimate of drug-likeness (QED) is 0.629. The van der Waals surface area contributed by atoms with E-state index in [0.717, 1.165) is 11.1 Å². The van der Waals surface area contributed by atoms with Crippen molar-refractivity contribution in [3.63, 3.8) is 0 Å². The van der Waals surface area contributed by atoms with Crippen molar-refractivity contribution in [2.75, 3.05) is 14.2 Å². The highest BCUT2D eigenvalue weighted by molar-refractivity contribution is 6.65. The van der Waals surface area contributed by atoms with Gasteiger partial charge in [-0.15, -0.1) is 0 Å². The van der Waals surface area contributed by atoms with Crippen LogP contribution in [-0.4, -0.2) is 28.5 Å². The Bertz CT molecular complexity index is 207. The maximum Gasteiger partial charge on any atom is 0.472 e. The summed E-state index contributed by atoms with van der Waals surface area (Å²) < 4.78 is 15.9. The molecule has 15 heavy (non-hydrogen) atoms. The zero-order valence-electron chi connectivity index (χ0n) is 10.5. The summed E-state index contributed by atoms with van der Waals surface area (Å²) in [4.78, 5) is 0.